The maximum absolute atomic E-state index is 6.20. The van der Waals surface area contributed by atoms with Crippen LogP contribution >= 0.6 is 0 Å². The number of nitrogens with two attached hydrogens (primary N) is 1. The van der Waals surface area contributed by atoms with Crippen molar-refractivity contribution in [1.82, 2.24) is 0 Å². The van der Waals surface area contributed by atoms with Crippen molar-refractivity contribution in [3.8, 4) is 11.5 Å². The van der Waals surface area contributed by atoms with E-state index in [9.17, 15) is 0 Å². The molecule has 0 amide bonds. The van der Waals surface area contributed by atoms with Crippen LogP contribution in [0, 0.1) is 0 Å². The minimum Gasteiger partial charge on any atom is -0.486 e. The third-order valence-corrected chi connectivity index (χ3v) is 3.20. The van der Waals surface area contributed by atoms with Gasteiger partial charge in [0.1, 0.15) is 13.2 Å². The van der Waals surface area contributed by atoms with Crippen molar-refractivity contribution in [3.05, 3.63) is 23.8 Å². The van der Waals surface area contributed by atoms with Crippen LogP contribution in [-0.4, -0.2) is 25.9 Å². The maximum Gasteiger partial charge on any atom is 0.161 e. The number of hydrogen-bond donors (Lipinski definition) is 1. The Kier molecular flexibility index (Phi) is 3.26. The molecule has 0 radical (unpaired) electrons. The van der Waals surface area contributed by atoms with E-state index >= 15 is 0 Å². The average Bonchev–Trinajstić information content (AvgIpc) is 2.37. The molecule has 2 N–H and O–H groups in total. The van der Waals surface area contributed by atoms with Crippen LogP contribution in [0.25, 0.3) is 0 Å². The normalized spacial score (nSPS) is 16.7. The Morgan fingerprint density at radius 3 is 2.53 bits per heavy atom. The van der Waals surface area contributed by atoms with E-state index in [1.807, 2.05) is 32.0 Å². The molecule has 94 valence electrons. The second-order valence-corrected chi connectivity index (χ2v) is 4.69. The van der Waals surface area contributed by atoms with E-state index < -0.39 is 5.60 Å². The van der Waals surface area contributed by atoms with E-state index in [0.717, 1.165) is 17.1 Å². The molecule has 1 aliphatic rings. The minimum absolute atomic E-state index is 0.205. The Morgan fingerprint density at radius 2 is 1.88 bits per heavy atom. The molecule has 17 heavy (non-hydrogen) atoms. The molecule has 1 heterocycles. The Morgan fingerprint density at radius 1 is 1.24 bits per heavy atom. The fourth-order valence-corrected chi connectivity index (χ4v) is 1.78. The van der Waals surface area contributed by atoms with Crippen LogP contribution in [0.3, 0.4) is 0 Å². The van der Waals surface area contributed by atoms with Gasteiger partial charge in [-0.15, -0.1) is 0 Å². The fraction of sp³-hybridized carbons (Fsp3) is 0.538. The highest BCUT2D eigenvalue weighted by atomic mass is 16.6. The number of fused-ring (bicyclic) bond motifs is 1. The molecule has 4 heteroatoms. The highest BCUT2D eigenvalue weighted by Gasteiger charge is 2.28. The van der Waals surface area contributed by atoms with Gasteiger partial charge in [0, 0.05) is 7.11 Å². The Bertz CT molecular complexity index is 404. The van der Waals surface area contributed by atoms with E-state index in [1.165, 1.54) is 0 Å². The van der Waals surface area contributed by atoms with Crippen molar-refractivity contribution in [1.29, 1.82) is 0 Å². The molecule has 0 fully saturated rings. The zero-order valence-corrected chi connectivity index (χ0v) is 10.5. The topological polar surface area (TPSA) is 53.7 Å². The van der Waals surface area contributed by atoms with E-state index in [0.29, 0.717) is 13.2 Å². The highest BCUT2D eigenvalue weighted by molar-refractivity contribution is 5.45. The molecule has 0 saturated heterocycles. The van der Waals surface area contributed by atoms with Gasteiger partial charge in [-0.2, -0.15) is 0 Å². The van der Waals surface area contributed by atoms with Gasteiger partial charge in [0.25, 0.3) is 0 Å². The van der Waals surface area contributed by atoms with Gasteiger partial charge >= 0.3 is 0 Å². The van der Waals surface area contributed by atoms with E-state index in [-0.39, 0.29) is 6.04 Å². The first-order valence-corrected chi connectivity index (χ1v) is 5.75. The third-order valence-electron chi connectivity index (χ3n) is 3.20. The summed E-state index contributed by atoms with van der Waals surface area (Å²) in [6.45, 7) is 5.12. The van der Waals surface area contributed by atoms with Crippen LogP contribution in [0.4, 0.5) is 0 Å². The molecule has 2 rings (SSSR count). The lowest BCUT2D eigenvalue weighted by atomic mass is 9.92. The van der Waals surface area contributed by atoms with E-state index in [4.69, 9.17) is 19.9 Å². The summed E-state index contributed by atoms with van der Waals surface area (Å²) in [7, 11) is 1.66. The van der Waals surface area contributed by atoms with Crippen LogP contribution in [0.5, 0.6) is 11.5 Å². The predicted octanol–water partition coefficient (Wildman–Crippen LogP) is 1.88. The summed E-state index contributed by atoms with van der Waals surface area (Å²) in [5.74, 6) is 1.54. The van der Waals surface area contributed by atoms with Crippen molar-refractivity contribution in [2.75, 3.05) is 20.3 Å². The number of methoxy groups -OCH3 is 1. The molecule has 0 bridgehead atoms. The molecular weight excluding hydrogens is 218 g/mol. The zero-order valence-electron chi connectivity index (χ0n) is 10.5. The van der Waals surface area contributed by atoms with Crippen molar-refractivity contribution >= 4 is 0 Å². The van der Waals surface area contributed by atoms with Crippen molar-refractivity contribution in [2.45, 2.75) is 25.5 Å². The fourth-order valence-electron chi connectivity index (χ4n) is 1.78. The molecule has 4 nitrogen and oxygen atoms in total. The molecule has 0 aliphatic carbocycles. The first-order valence-electron chi connectivity index (χ1n) is 5.75. The van der Waals surface area contributed by atoms with Gasteiger partial charge in [0.15, 0.2) is 11.5 Å². The lowest BCUT2D eigenvalue weighted by Crippen LogP contribution is -2.37. The number of ether oxygens (including phenoxy) is 3. The lowest BCUT2D eigenvalue weighted by Gasteiger charge is -2.31. The molecule has 0 spiro atoms. The summed E-state index contributed by atoms with van der Waals surface area (Å²) >= 11 is 0. The molecule has 1 aliphatic heterocycles. The van der Waals surface area contributed by atoms with Crippen LogP contribution in [0.15, 0.2) is 18.2 Å². The molecular formula is C13H19NO3. The quantitative estimate of drug-likeness (QED) is 0.872. The predicted molar refractivity (Wildman–Crippen MR) is 65.4 cm³/mol. The van der Waals surface area contributed by atoms with Crippen LogP contribution in [0.2, 0.25) is 0 Å². The second kappa shape index (κ2) is 4.55. The average molecular weight is 237 g/mol. The van der Waals surface area contributed by atoms with E-state index in [2.05, 4.69) is 0 Å². The highest BCUT2D eigenvalue weighted by Crippen LogP contribution is 2.35. The van der Waals surface area contributed by atoms with Crippen LogP contribution in [-0.2, 0) is 4.74 Å². The smallest absolute Gasteiger partial charge is 0.161 e. The number of rotatable bonds is 3. The second-order valence-electron chi connectivity index (χ2n) is 4.69. The summed E-state index contributed by atoms with van der Waals surface area (Å²) in [6, 6.07) is 5.58. The van der Waals surface area contributed by atoms with Crippen LogP contribution in [0.1, 0.15) is 25.5 Å². The summed E-state index contributed by atoms with van der Waals surface area (Å²) in [5.41, 5.74) is 6.77. The first kappa shape index (κ1) is 12.2. The van der Waals surface area contributed by atoms with E-state index in [1.54, 1.807) is 7.11 Å². The molecule has 1 unspecified atom stereocenters. The summed E-state index contributed by atoms with van der Waals surface area (Å²) in [5, 5.41) is 0. The summed E-state index contributed by atoms with van der Waals surface area (Å²) in [4.78, 5) is 0. The summed E-state index contributed by atoms with van der Waals surface area (Å²) < 4.78 is 16.4. The molecule has 1 aromatic carbocycles. The monoisotopic (exact) mass is 237 g/mol. The Balaban J connectivity index is 2.28. The van der Waals surface area contributed by atoms with Gasteiger partial charge < -0.3 is 19.9 Å². The van der Waals surface area contributed by atoms with Gasteiger partial charge in [-0.25, -0.2) is 0 Å². The van der Waals surface area contributed by atoms with Gasteiger partial charge in [-0.3, -0.25) is 0 Å². The minimum atomic E-state index is -0.413. The zero-order chi connectivity index (χ0) is 12.5. The lowest BCUT2D eigenvalue weighted by molar-refractivity contribution is -0.000134. The standard InChI is InChI=1S/C13H19NO3/c1-13(2,15-3)12(14)9-4-5-10-11(8-9)17-7-6-16-10/h4-5,8,12H,6-7,14H2,1-3H3. The maximum atomic E-state index is 6.20. The number of hydrogen-bond acceptors (Lipinski definition) is 4. The molecule has 0 aromatic heterocycles. The van der Waals surface area contributed by atoms with Crippen molar-refractivity contribution < 1.29 is 14.2 Å². The summed E-state index contributed by atoms with van der Waals surface area (Å²) in [6.07, 6.45) is 0. The van der Waals surface area contributed by atoms with Gasteiger partial charge in [-0.05, 0) is 31.5 Å². The molecule has 1 aromatic rings. The first-order chi connectivity index (χ1) is 8.04. The molecule has 0 saturated carbocycles. The Labute approximate surface area is 102 Å². The van der Waals surface area contributed by atoms with Gasteiger partial charge in [0.05, 0.1) is 11.6 Å². The van der Waals surface area contributed by atoms with Crippen molar-refractivity contribution in [3.63, 3.8) is 0 Å². The third kappa shape index (κ3) is 2.37. The number of benzene rings is 1. The van der Waals surface area contributed by atoms with Gasteiger partial charge in [-0.1, -0.05) is 6.07 Å². The Hall–Kier alpha value is -1.26. The van der Waals surface area contributed by atoms with Crippen LogP contribution < -0.4 is 15.2 Å². The van der Waals surface area contributed by atoms with Gasteiger partial charge in [0.2, 0.25) is 0 Å². The van der Waals surface area contributed by atoms with Crippen molar-refractivity contribution in [2.24, 2.45) is 5.73 Å². The molecule has 1 atom stereocenters. The largest absolute Gasteiger partial charge is 0.486 e. The SMILES string of the molecule is COC(C)(C)C(N)c1ccc2c(c1)OCCO2.